The van der Waals surface area contributed by atoms with Crippen LogP contribution < -0.4 is 5.73 Å². The topological polar surface area (TPSA) is 158 Å². The molecule has 0 aliphatic heterocycles. The number of amides is 1. The Bertz CT molecular complexity index is 1250. The molecule has 0 fully saturated rings. The number of rotatable bonds is 6. The number of carbonyl (C=O) groups is 2. The number of aromatic amines is 1. The maximum atomic E-state index is 11.7. The van der Waals surface area contributed by atoms with Crippen LogP contribution >= 0.6 is 0 Å². The summed E-state index contributed by atoms with van der Waals surface area (Å²) in [5.41, 5.74) is 8.49. The van der Waals surface area contributed by atoms with Crippen molar-refractivity contribution in [3.05, 3.63) is 35.7 Å². The van der Waals surface area contributed by atoms with Crippen molar-refractivity contribution in [1.29, 1.82) is 0 Å². The van der Waals surface area contributed by atoms with Crippen LogP contribution in [0.4, 0.5) is 0 Å². The van der Waals surface area contributed by atoms with Crippen molar-refractivity contribution >= 4 is 22.8 Å². The van der Waals surface area contributed by atoms with E-state index in [0.29, 0.717) is 28.5 Å². The molecule has 0 bridgehead atoms. The number of benzene rings is 1. The van der Waals surface area contributed by atoms with Gasteiger partial charge in [0.25, 0.3) is 0 Å². The molecule has 29 heavy (non-hydrogen) atoms. The molecule has 0 spiro atoms. The van der Waals surface area contributed by atoms with Gasteiger partial charge in [-0.2, -0.15) is 15.3 Å². The van der Waals surface area contributed by atoms with E-state index in [1.807, 2.05) is 6.92 Å². The number of aliphatic carboxylic acids is 1. The van der Waals surface area contributed by atoms with Crippen molar-refractivity contribution in [2.45, 2.75) is 19.9 Å². The number of carboxylic acids is 1. The summed E-state index contributed by atoms with van der Waals surface area (Å²) in [5, 5.41) is 25.4. The van der Waals surface area contributed by atoms with Gasteiger partial charge in [0.1, 0.15) is 5.69 Å². The number of primary amides is 1. The van der Waals surface area contributed by atoms with Crippen LogP contribution in [0.1, 0.15) is 22.5 Å². The zero-order chi connectivity index (χ0) is 20.7. The number of H-pyrrole nitrogens is 1. The van der Waals surface area contributed by atoms with Crippen LogP contribution in [-0.4, -0.2) is 51.7 Å². The number of hydrogen-bond donors (Lipinski definition) is 3. The SMILES string of the molecule is Cc1cc(-c2n[nH]c(-c3cc(C(N)=O)cc4c3cnn4C)n2)n(CCC(=O)O)n1. The van der Waals surface area contributed by atoms with E-state index in [2.05, 4.69) is 25.4 Å². The van der Waals surface area contributed by atoms with Crippen LogP contribution in [-0.2, 0) is 18.4 Å². The maximum absolute atomic E-state index is 11.7. The summed E-state index contributed by atoms with van der Waals surface area (Å²) in [4.78, 5) is 27.2. The Morgan fingerprint density at radius 1 is 1.28 bits per heavy atom. The molecule has 4 N–H and O–H groups in total. The monoisotopic (exact) mass is 394 g/mol. The Hall–Kier alpha value is -4.02. The summed E-state index contributed by atoms with van der Waals surface area (Å²) in [6, 6.07) is 5.10. The second-order valence-corrected chi connectivity index (χ2v) is 6.63. The number of nitrogens with zero attached hydrogens (tertiary/aromatic N) is 6. The molecule has 0 atom stereocenters. The first-order valence-corrected chi connectivity index (χ1v) is 8.78. The highest BCUT2D eigenvalue weighted by Crippen LogP contribution is 2.29. The summed E-state index contributed by atoms with van der Waals surface area (Å²) in [6.07, 6.45) is 1.61. The Kier molecular flexibility index (Phi) is 4.34. The van der Waals surface area contributed by atoms with E-state index >= 15 is 0 Å². The Balaban J connectivity index is 1.80. The number of nitrogens with two attached hydrogens (primary N) is 1. The number of carbonyl (C=O) groups excluding carboxylic acids is 1. The molecular weight excluding hydrogens is 376 g/mol. The van der Waals surface area contributed by atoms with Crippen LogP contribution in [0.15, 0.2) is 24.4 Å². The first-order valence-electron chi connectivity index (χ1n) is 8.78. The summed E-state index contributed by atoms with van der Waals surface area (Å²) >= 11 is 0. The van der Waals surface area contributed by atoms with E-state index in [1.165, 1.54) is 0 Å². The molecule has 3 heterocycles. The summed E-state index contributed by atoms with van der Waals surface area (Å²) in [5.74, 6) is -0.671. The summed E-state index contributed by atoms with van der Waals surface area (Å²) < 4.78 is 3.21. The van der Waals surface area contributed by atoms with Crippen molar-refractivity contribution in [2.24, 2.45) is 12.8 Å². The molecule has 0 aliphatic rings. The molecular formula is C18H18N8O3. The number of hydrogen-bond acceptors (Lipinski definition) is 6. The third-order valence-electron chi connectivity index (χ3n) is 4.56. The summed E-state index contributed by atoms with van der Waals surface area (Å²) in [7, 11) is 1.77. The van der Waals surface area contributed by atoms with Gasteiger partial charge >= 0.3 is 5.97 Å². The largest absolute Gasteiger partial charge is 0.481 e. The molecule has 11 nitrogen and oxygen atoms in total. The van der Waals surface area contributed by atoms with Crippen molar-refractivity contribution < 1.29 is 14.7 Å². The molecule has 0 saturated heterocycles. The molecule has 1 amide bonds. The van der Waals surface area contributed by atoms with Crippen molar-refractivity contribution in [3.63, 3.8) is 0 Å². The standard InChI is InChI=1S/C18H18N8O3/c1-9-5-14(26(24-9)4-3-15(27)28)18-21-17(22-23-18)11-6-10(16(19)29)7-13-12(11)8-20-25(13)2/h5-8H,3-4H2,1-2H3,(H2,19,29)(H,27,28)(H,21,22,23). The molecule has 0 radical (unpaired) electrons. The van der Waals surface area contributed by atoms with E-state index in [-0.39, 0.29) is 13.0 Å². The van der Waals surface area contributed by atoms with E-state index in [4.69, 9.17) is 10.8 Å². The molecule has 11 heteroatoms. The van der Waals surface area contributed by atoms with Crippen molar-refractivity contribution in [1.82, 2.24) is 34.7 Å². The molecule has 0 saturated carbocycles. The molecule has 4 rings (SSSR count). The van der Waals surface area contributed by atoms with Gasteiger partial charge in [0, 0.05) is 23.6 Å². The molecule has 0 aliphatic carbocycles. The van der Waals surface area contributed by atoms with Gasteiger partial charge in [0.2, 0.25) is 5.91 Å². The fourth-order valence-electron chi connectivity index (χ4n) is 3.18. The fourth-order valence-corrected chi connectivity index (χ4v) is 3.18. The Morgan fingerprint density at radius 3 is 2.79 bits per heavy atom. The molecule has 0 unspecified atom stereocenters. The van der Waals surface area contributed by atoms with Gasteiger partial charge in [0.05, 0.1) is 30.4 Å². The molecule has 4 aromatic rings. The minimum absolute atomic E-state index is 0.0671. The zero-order valence-corrected chi connectivity index (χ0v) is 15.7. The minimum Gasteiger partial charge on any atom is -0.481 e. The van der Waals surface area contributed by atoms with Crippen molar-refractivity contribution in [2.75, 3.05) is 0 Å². The minimum atomic E-state index is -0.915. The average molecular weight is 394 g/mol. The quantitative estimate of drug-likeness (QED) is 0.442. The third-order valence-corrected chi connectivity index (χ3v) is 4.56. The number of aryl methyl sites for hydroxylation is 3. The van der Waals surface area contributed by atoms with E-state index < -0.39 is 11.9 Å². The lowest BCUT2D eigenvalue weighted by Crippen LogP contribution is -2.11. The lowest BCUT2D eigenvalue weighted by molar-refractivity contribution is -0.137. The van der Waals surface area contributed by atoms with Crippen LogP contribution in [0.5, 0.6) is 0 Å². The summed E-state index contributed by atoms with van der Waals surface area (Å²) in [6.45, 7) is 2.01. The number of carboxylic acid groups (broad SMARTS) is 1. The lowest BCUT2D eigenvalue weighted by Gasteiger charge is -2.04. The van der Waals surface area contributed by atoms with Crippen LogP contribution in [0, 0.1) is 6.92 Å². The number of aromatic nitrogens is 7. The molecule has 3 aromatic heterocycles. The number of nitrogens with one attached hydrogen (secondary N) is 1. The van der Waals surface area contributed by atoms with Gasteiger partial charge < -0.3 is 10.8 Å². The predicted molar refractivity (Wildman–Crippen MR) is 103 cm³/mol. The van der Waals surface area contributed by atoms with Crippen LogP contribution in [0.25, 0.3) is 33.8 Å². The van der Waals surface area contributed by atoms with Gasteiger partial charge in [-0.1, -0.05) is 0 Å². The maximum Gasteiger partial charge on any atom is 0.305 e. The van der Waals surface area contributed by atoms with E-state index in [1.54, 1.807) is 40.8 Å². The highest BCUT2D eigenvalue weighted by Gasteiger charge is 2.18. The second kappa shape index (κ2) is 6.86. The first-order chi connectivity index (χ1) is 13.8. The van der Waals surface area contributed by atoms with E-state index in [9.17, 15) is 9.59 Å². The zero-order valence-electron chi connectivity index (χ0n) is 15.7. The number of fused-ring (bicyclic) bond motifs is 1. The van der Waals surface area contributed by atoms with Gasteiger partial charge in [-0.15, -0.1) is 0 Å². The van der Waals surface area contributed by atoms with Gasteiger partial charge in [-0.3, -0.25) is 24.1 Å². The first kappa shape index (κ1) is 18.3. The third kappa shape index (κ3) is 3.33. The van der Waals surface area contributed by atoms with Crippen LogP contribution in [0.2, 0.25) is 0 Å². The van der Waals surface area contributed by atoms with Crippen molar-refractivity contribution in [3.8, 4) is 22.9 Å². The molecule has 1 aromatic carbocycles. The lowest BCUT2D eigenvalue weighted by atomic mass is 10.1. The average Bonchev–Trinajstić information content (AvgIpc) is 3.38. The van der Waals surface area contributed by atoms with E-state index in [0.717, 1.165) is 16.6 Å². The van der Waals surface area contributed by atoms with Gasteiger partial charge in [-0.05, 0) is 25.1 Å². The Labute approximate surface area is 164 Å². The normalized spacial score (nSPS) is 11.2. The van der Waals surface area contributed by atoms with Gasteiger partial charge in [-0.25, -0.2) is 4.98 Å². The highest BCUT2D eigenvalue weighted by atomic mass is 16.4. The van der Waals surface area contributed by atoms with Gasteiger partial charge in [0.15, 0.2) is 11.6 Å². The second-order valence-electron chi connectivity index (χ2n) is 6.63. The molecule has 148 valence electrons. The highest BCUT2D eigenvalue weighted by molar-refractivity contribution is 6.02. The Morgan fingerprint density at radius 2 is 2.07 bits per heavy atom. The fraction of sp³-hybridized carbons (Fsp3) is 0.222. The van der Waals surface area contributed by atoms with Crippen LogP contribution in [0.3, 0.4) is 0 Å². The predicted octanol–water partition coefficient (Wildman–Crippen LogP) is 1.10. The smallest absolute Gasteiger partial charge is 0.305 e.